The van der Waals surface area contributed by atoms with Gasteiger partial charge in [-0.1, -0.05) is 26.8 Å². The maximum absolute atomic E-state index is 13.2. The number of benzene rings is 1. The average Bonchev–Trinajstić information content (AvgIpc) is 3.22. The van der Waals surface area contributed by atoms with E-state index in [4.69, 9.17) is 18.3 Å². The van der Waals surface area contributed by atoms with Crippen LogP contribution in [0.1, 0.15) is 54.0 Å². The van der Waals surface area contributed by atoms with Gasteiger partial charge in [0, 0.05) is 28.5 Å². The molecule has 176 valence electrons. The van der Waals surface area contributed by atoms with Crippen LogP contribution in [0, 0.1) is 6.92 Å². The number of nitrogens with zero attached hydrogens (tertiary/aromatic N) is 1. The first-order valence-electron chi connectivity index (χ1n) is 10.4. The lowest BCUT2D eigenvalue weighted by atomic mass is 9.84. The molecule has 11 heteroatoms. The highest BCUT2D eigenvalue weighted by Crippen LogP contribution is 2.56. The van der Waals surface area contributed by atoms with Crippen molar-refractivity contribution >= 4 is 14.1 Å². The summed E-state index contributed by atoms with van der Waals surface area (Å²) in [5.74, 6) is 0.388. The van der Waals surface area contributed by atoms with Crippen LogP contribution in [0.5, 0.6) is 5.75 Å². The molecule has 2 aliphatic heterocycles. The molecule has 3 atom stereocenters. The molecule has 0 amide bonds. The van der Waals surface area contributed by atoms with Crippen molar-refractivity contribution in [3.8, 4) is 5.75 Å². The Balaban J connectivity index is 1.47. The van der Waals surface area contributed by atoms with Gasteiger partial charge in [-0.25, -0.2) is 9.36 Å². The molecule has 1 unspecified atom stereocenters. The monoisotopic (exact) mass is 476 g/mol. The number of ether oxygens (including phenoxy) is 1. The summed E-state index contributed by atoms with van der Waals surface area (Å²) in [6.45, 7) is 7.28. The van der Waals surface area contributed by atoms with Crippen molar-refractivity contribution in [3.05, 3.63) is 73.6 Å². The van der Waals surface area contributed by atoms with E-state index in [1.54, 1.807) is 31.2 Å². The van der Waals surface area contributed by atoms with Crippen LogP contribution in [0.25, 0.3) is 0 Å². The summed E-state index contributed by atoms with van der Waals surface area (Å²) in [6, 6.07) is 3.34. The molecule has 1 N–H and O–H groups in total. The highest BCUT2D eigenvalue weighted by Gasteiger charge is 2.38. The number of hydrogen-bond donors (Lipinski definition) is 1. The zero-order valence-electron chi connectivity index (χ0n) is 18.7. The first kappa shape index (κ1) is 23.4. The summed E-state index contributed by atoms with van der Waals surface area (Å²) < 4.78 is 36.8. The number of hydrogen-bond acceptors (Lipinski definition) is 8. The second-order valence-corrected chi connectivity index (χ2v) is 10.6. The van der Waals surface area contributed by atoms with Crippen molar-refractivity contribution in [2.45, 2.75) is 52.0 Å². The standard InChI is InChI=1S/C22H25N2O8P/c1-13-9-24(21(27)23-20(13)26)18-6-5-16(31-18)12-30-33(28)29-11-15-7-14(10-25)8-17(19(15)32-33)22(2,3)4/h5-10,16,18H,11-12H2,1-4H3,(H,23,26,27)/t16-,18+,33?/m0/s1. The number of carbonyl (C=O) groups excluding carboxylic acids is 1. The van der Waals surface area contributed by atoms with Gasteiger partial charge < -0.3 is 9.26 Å². The molecule has 0 spiro atoms. The Bertz CT molecular complexity index is 1290. The maximum Gasteiger partial charge on any atom is 0.530 e. The van der Waals surface area contributed by atoms with Gasteiger partial charge in [-0.2, -0.15) is 0 Å². The van der Waals surface area contributed by atoms with Gasteiger partial charge in [0.15, 0.2) is 6.23 Å². The number of phosphoric ester groups is 1. The summed E-state index contributed by atoms with van der Waals surface area (Å²) >= 11 is 0. The van der Waals surface area contributed by atoms with Gasteiger partial charge in [0.1, 0.15) is 18.1 Å². The van der Waals surface area contributed by atoms with Gasteiger partial charge in [0.2, 0.25) is 0 Å². The Morgan fingerprint density at radius 2 is 2.03 bits per heavy atom. The number of aldehydes is 1. The average molecular weight is 476 g/mol. The van der Waals surface area contributed by atoms with Gasteiger partial charge >= 0.3 is 13.5 Å². The maximum atomic E-state index is 13.2. The SMILES string of the molecule is Cc1cn([C@H]2C=C[C@@H](COP3(=O)OCc4cc(C=O)cc(C(C)(C)C)c4O3)O2)c(=O)[nH]c1=O. The molecular formula is C22H25N2O8P. The molecule has 0 aliphatic carbocycles. The predicted octanol–water partition coefficient (Wildman–Crippen LogP) is 3.14. The van der Waals surface area contributed by atoms with E-state index in [9.17, 15) is 18.9 Å². The smallest absolute Gasteiger partial charge is 0.403 e. The number of H-pyrrole nitrogens is 1. The first-order valence-corrected chi connectivity index (χ1v) is 11.8. The van der Waals surface area contributed by atoms with Gasteiger partial charge in [-0.3, -0.25) is 28.2 Å². The van der Waals surface area contributed by atoms with E-state index in [-0.39, 0.29) is 18.6 Å². The van der Waals surface area contributed by atoms with Crippen LogP contribution in [-0.2, 0) is 30.4 Å². The third-order valence-electron chi connectivity index (χ3n) is 5.34. The predicted molar refractivity (Wildman–Crippen MR) is 119 cm³/mol. The van der Waals surface area contributed by atoms with E-state index >= 15 is 0 Å². The van der Waals surface area contributed by atoms with Crippen LogP contribution in [0.4, 0.5) is 0 Å². The highest BCUT2D eigenvalue weighted by molar-refractivity contribution is 7.49. The van der Waals surface area contributed by atoms with Crippen LogP contribution in [0.2, 0.25) is 0 Å². The van der Waals surface area contributed by atoms with E-state index < -0.39 is 31.4 Å². The van der Waals surface area contributed by atoms with E-state index in [0.29, 0.717) is 22.4 Å². The Morgan fingerprint density at radius 3 is 2.73 bits per heavy atom. The van der Waals surface area contributed by atoms with Crippen LogP contribution in [-0.4, -0.2) is 28.5 Å². The van der Waals surface area contributed by atoms with Crippen molar-refractivity contribution in [2.24, 2.45) is 0 Å². The van der Waals surface area contributed by atoms with Gasteiger partial charge in [-0.15, -0.1) is 0 Å². The zero-order valence-corrected chi connectivity index (χ0v) is 19.6. The van der Waals surface area contributed by atoms with E-state index in [0.717, 1.165) is 11.8 Å². The van der Waals surface area contributed by atoms with Crippen LogP contribution >= 0.6 is 7.82 Å². The lowest BCUT2D eigenvalue weighted by Gasteiger charge is -2.31. The number of carbonyl (C=O) groups is 1. The molecule has 33 heavy (non-hydrogen) atoms. The first-order chi connectivity index (χ1) is 15.5. The molecule has 2 aliphatic rings. The molecule has 10 nitrogen and oxygen atoms in total. The van der Waals surface area contributed by atoms with Crippen molar-refractivity contribution in [3.63, 3.8) is 0 Å². The summed E-state index contributed by atoms with van der Waals surface area (Å²) in [7, 11) is -3.95. The Kier molecular flexibility index (Phi) is 6.05. The van der Waals surface area contributed by atoms with E-state index in [1.165, 1.54) is 10.8 Å². The summed E-state index contributed by atoms with van der Waals surface area (Å²) in [5, 5.41) is 0. The minimum atomic E-state index is -3.95. The van der Waals surface area contributed by atoms with E-state index in [2.05, 4.69) is 4.98 Å². The lowest BCUT2D eigenvalue weighted by molar-refractivity contribution is -0.0130. The number of phosphoric acid groups is 1. The summed E-state index contributed by atoms with van der Waals surface area (Å²) in [5.41, 5.74) is 0.742. The summed E-state index contributed by atoms with van der Waals surface area (Å²) in [6.07, 6.45) is 4.10. The molecule has 2 aromatic rings. The Hall–Kier alpha value is -2.78. The molecule has 1 aromatic carbocycles. The number of aryl methyl sites for hydroxylation is 1. The molecule has 0 radical (unpaired) electrons. The second kappa shape index (κ2) is 8.53. The van der Waals surface area contributed by atoms with Crippen molar-refractivity contribution in [1.82, 2.24) is 9.55 Å². The highest BCUT2D eigenvalue weighted by atomic mass is 31.2. The fraction of sp³-hybridized carbons (Fsp3) is 0.409. The van der Waals surface area contributed by atoms with Crippen LogP contribution < -0.4 is 15.8 Å². The normalized spacial score (nSPS) is 24.4. The van der Waals surface area contributed by atoms with Gasteiger partial charge in [0.25, 0.3) is 5.56 Å². The van der Waals surface area contributed by atoms with Crippen LogP contribution in [0.15, 0.2) is 40.1 Å². The molecule has 0 fully saturated rings. The summed E-state index contributed by atoms with van der Waals surface area (Å²) in [4.78, 5) is 37.2. The quantitative estimate of drug-likeness (QED) is 0.396. The molecule has 0 saturated heterocycles. The Labute approximate surface area is 189 Å². The number of aromatic nitrogens is 2. The molecule has 1 aromatic heterocycles. The van der Waals surface area contributed by atoms with Gasteiger partial charge in [-0.05, 0) is 30.5 Å². The fourth-order valence-electron chi connectivity index (χ4n) is 3.59. The number of aromatic amines is 1. The van der Waals surface area contributed by atoms with Crippen LogP contribution in [0.3, 0.4) is 0 Å². The largest absolute Gasteiger partial charge is 0.530 e. The fourth-order valence-corrected chi connectivity index (χ4v) is 4.83. The lowest BCUT2D eigenvalue weighted by Crippen LogP contribution is -2.33. The van der Waals surface area contributed by atoms with Gasteiger partial charge in [0.05, 0.1) is 13.2 Å². The second-order valence-electron chi connectivity index (χ2n) is 8.96. The van der Waals surface area contributed by atoms with E-state index in [1.807, 2.05) is 20.8 Å². The number of nitrogens with one attached hydrogen (secondary N) is 1. The topological polar surface area (TPSA) is 126 Å². The number of fused-ring (bicyclic) bond motifs is 1. The minimum absolute atomic E-state index is 0.0343. The van der Waals surface area contributed by atoms with Crippen molar-refractivity contribution < 1.29 is 27.7 Å². The molecular weight excluding hydrogens is 451 g/mol. The Morgan fingerprint density at radius 1 is 1.27 bits per heavy atom. The third-order valence-corrected chi connectivity index (χ3v) is 6.65. The molecule has 0 bridgehead atoms. The minimum Gasteiger partial charge on any atom is -0.403 e. The molecule has 0 saturated carbocycles. The third kappa shape index (κ3) is 4.79. The zero-order chi connectivity index (χ0) is 24.0. The number of rotatable bonds is 5. The molecule has 4 rings (SSSR count). The van der Waals surface area contributed by atoms with Crippen molar-refractivity contribution in [1.29, 1.82) is 0 Å². The van der Waals surface area contributed by atoms with Crippen molar-refractivity contribution in [2.75, 3.05) is 6.61 Å². The molecule has 3 heterocycles.